The van der Waals surface area contributed by atoms with Gasteiger partial charge in [-0.2, -0.15) is 4.98 Å². The lowest BCUT2D eigenvalue weighted by Crippen LogP contribution is -2.11. The van der Waals surface area contributed by atoms with Crippen LogP contribution in [0, 0.1) is 0 Å². The predicted octanol–water partition coefficient (Wildman–Crippen LogP) is 2.14. The third-order valence-corrected chi connectivity index (χ3v) is 2.66. The number of nitrogens with zero attached hydrogens (tertiary/aromatic N) is 3. The summed E-state index contributed by atoms with van der Waals surface area (Å²) in [7, 11) is 3.90. The zero-order valence-electron chi connectivity index (χ0n) is 9.64. The van der Waals surface area contributed by atoms with Gasteiger partial charge in [-0.3, -0.25) is 0 Å². The third-order valence-electron chi connectivity index (χ3n) is 2.17. The van der Waals surface area contributed by atoms with E-state index in [0.29, 0.717) is 23.9 Å². The van der Waals surface area contributed by atoms with Gasteiger partial charge in [-0.05, 0) is 32.3 Å². The molecule has 0 saturated heterocycles. The SMILES string of the molecule is CN(C)Cc1noc(-c2ccc(Br)cc2N)n1. The Morgan fingerprint density at radius 2 is 2.18 bits per heavy atom. The number of nitrogen functional groups attached to an aromatic ring is 1. The van der Waals surface area contributed by atoms with Gasteiger partial charge in [0, 0.05) is 10.2 Å². The van der Waals surface area contributed by atoms with Crippen LogP contribution in [0.4, 0.5) is 5.69 Å². The largest absolute Gasteiger partial charge is 0.398 e. The summed E-state index contributed by atoms with van der Waals surface area (Å²) < 4.78 is 6.11. The quantitative estimate of drug-likeness (QED) is 0.879. The topological polar surface area (TPSA) is 68.2 Å². The van der Waals surface area contributed by atoms with E-state index in [-0.39, 0.29) is 0 Å². The van der Waals surface area contributed by atoms with Crippen molar-refractivity contribution in [2.75, 3.05) is 19.8 Å². The zero-order valence-corrected chi connectivity index (χ0v) is 11.2. The fourth-order valence-corrected chi connectivity index (χ4v) is 1.82. The normalized spacial score (nSPS) is 11.1. The molecule has 2 aromatic rings. The van der Waals surface area contributed by atoms with Crippen LogP contribution in [0.3, 0.4) is 0 Å². The lowest BCUT2D eigenvalue weighted by molar-refractivity contribution is 0.365. The van der Waals surface area contributed by atoms with Crippen LogP contribution < -0.4 is 5.73 Å². The van der Waals surface area contributed by atoms with E-state index in [0.717, 1.165) is 10.0 Å². The average Bonchev–Trinajstić information content (AvgIpc) is 2.65. The number of hydrogen-bond donors (Lipinski definition) is 1. The molecule has 0 aliphatic rings. The van der Waals surface area contributed by atoms with Crippen LogP contribution in [0.2, 0.25) is 0 Å². The van der Waals surface area contributed by atoms with Gasteiger partial charge in [0.1, 0.15) is 0 Å². The van der Waals surface area contributed by atoms with E-state index in [1.165, 1.54) is 0 Å². The summed E-state index contributed by atoms with van der Waals surface area (Å²) in [6, 6.07) is 5.55. The first-order valence-electron chi connectivity index (χ1n) is 5.09. The molecule has 2 rings (SSSR count). The third kappa shape index (κ3) is 2.83. The Bertz CT molecular complexity index is 524. The molecule has 0 radical (unpaired) electrons. The molecule has 0 unspecified atom stereocenters. The summed E-state index contributed by atoms with van der Waals surface area (Å²) in [5.74, 6) is 1.10. The van der Waals surface area contributed by atoms with Crippen LogP contribution in [-0.4, -0.2) is 29.1 Å². The summed E-state index contributed by atoms with van der Waals surface area (Å²) in [6.45, 7) is 0.639. The Kier molecular flexibility index (Phi) is 3.44. The summed E-state index contributed by atoms with van der Waals surface area (Å²) in [5.41, 5.74) is 7.26. The molecule has 0 saturated carbocycles. The number of hydrogen-bond acceptors (Lipinski definition) is 5. The number of benzene rings is 1. The van der Waals surface area contributed by atoms with Crippen molar-refractivity contribution >= 4 is 21.6 Å². The van der Waals surface area contributed by atoms with E-state index in [1.807, 2.05) is 37.2 Å². The number of aromatic nitrogens is 2. The van der Waals surface area contributed by atoms with Crippen LogP contribution in [0.5, 0.6) is 0 Å². The standard InChI is InChI=1S/C11H13BrN4O/c1-16(2)6-10-14-11(17-15-10)8-4-3-7(12)5-9(8)13/h3-5H,6,13H2,1-2H3. The molecular weight excluding hydrogens is 284 g/mol. The molecule has 0 bridgehead atoms. The van der Waals surface area contributed by atoms with Gasteiger partial charge in [-0.15, -0.1) is 0 Å². The van der Waals surface area contributed by atoms with Crippen LogP contribution in [-0.2, 0) is 6.54 Å². The summed E-state index contributed by atoms with van der Waals surface area (Å²) in [6.07, 6.45) is 0. The molecule has 6 heteroatoms. The van der Waals surface area contributed by atoms with E-state index in [9.17, 15) is 0 Å². The average molecular weight is 297 g/mol. The van der Waals surface area contributed by atoms with Crippen molar-refractivity contribution in [3.05, 3.63) is 28.5 Å². The van der Waals surface area contributed by atoms with Crippen molar-refractivity contribution in [1.82, 2.24) is 15.0 Å². The molecule has 1 aromatic heterocycles. The maximum Gasteiger partial charge on any atom is 0.260 e. The second-order valence-corrected chi connectivity index (χ2v) is 4.90. The van der Waals surface area contributed by atoms with Crippen LogP contribution in [0.1, 0.15) is 5.82 Å². The van der Waals surface area contributed by atoms with Crippen LogP contribution >= 0.6 is 15.9 Å². The Morgan fingerprint density at radius 3 is 2.82 bits per heavy atom. The molecule has 0 aliphatic carbocycles. The molecule has 1 aromatic carbocycles. The monoisotopic (exact) mass is 296 g/mol. The highest BCUT2D eigenvalue weighted by Crippen LogP contribution is 2.27. The van der Waals surface area contributed by atoms with Gasteiger partial charge in [-0.1, -0.05) is 21.1 Å². The molecule has 17 heavy (non-hydrogen) atoms. The first-order chi connectivity index (χ1) is 8.06. The summed E-state index contributed by atoms with van der Waals surface area (Å²) >= 11 is 3.35. The summed E-state index contributed by atoms with van der Waals surface area (Å²) in [5, 5.41) is 3.90. The number of rotatable bonds is 3. The van der Waals surface area contributed by atoms with Crippen LogP contribution in [0.25, 0.3) is 11.5 Å². The van der Waals surface area contributed by atoms with Crippen molar-refractivity contribution in [2.45, 2.75) is 6.54 Å². The van der Waals surface area contributed by atoms with Crippen molar-refractivity contribution in [3.63, 3.8) is 0 Å². The zero-order chi connectivity index (χ0) is 12.4. The van der Waals surface area contributed by atoms with Crippen molar-refractivity contribution < 1.29 is 4.52 Å². The van der Waals surface area contributed by atoms with Crippen LogP contribution in [0.15, 0.2) is 27.2 Å². The van der Waals surface area contributed by atoms with Crippen molar-refractivity contribution in [1.29, 1.82) is 0 Å². The van der Waals surface area contributed by atoms with Gasteiger partial charge in [0.2, 0.25) is 0 Å². The number of anilines is 1. The highest BCUT2D eigenvalue weighted by Gasteiger charge is 2.12. The maximum absolute atomic E-state index is 5.90. The number of nitrogens with two attached hydrogens (primary N) is 1. The highest BCUT2D eigenvalue weighted by molar-refractivity contribution is 9.10. The molecule has 1 heterocycles. The summed E-state index contributed by atoms with van der Waals surface area (Å²) in [4.78, 5) is 6.27. The van der Waals surface area contributed by atoms with Gasteiger partial charge in [-0.25, -0.2) is 0 Å². The smallest absolute Gasteiger partial charge is 0.260 e. The Balaban J connectivity index is 2.30. The second-order valence-electron chi connectivity index (χ2n) is 3.99. The van der Waals surface area contributed by atoms with Crippen molar-refractivity contribution in [3.8, 4) is 11.5 Å². The lowest BCUT2D eigenvalue weighted by Gasteiger charge is -2.03. The molecule has 0 fully saturated rings. The molecule has 5 nitrogen and oxygen atoms in total. The van der Waals surface area contributed by atoms with E-state index >= 15 is 0 Å². The fourth-order valence-electron chi connectivity index (χ4n) is 1.44. The number of halogens is 1. The maximum atomic E-state index is 5.90. The van der Waals surface area contributed by atoms with Gasteiger partial charge in [0.15, 0.2) is 5.82 Å². The van der Waals surface area contributed by atoms with Gasteiger partial charge in [0.05, 0.1) is 12.1 Å². The van der Waals surface area contributed by atoms with Gasteiger partial charge in [0.25, 0.3) is 5.89 Å². The minimum Gasteiger partial charge on any atom is -0.398 e. The van der Waals surface area contributed by atoms with Crippen molar-refractivity contribution in [2.24, 2.45) is 0 Å². The lowest BCUT2D eigenvalue weighted by atomic mass is 10.2. The van der Waals surface area contributed by atoms with Gasteiger partial charge >= 0.3 is 0 Å². The Morgan fingerprint density at radius 1 is 1.41 bits per heavy atom. The molecular formula is C11H13BrN4O. The molecule has 2 N–H and O–H groups in total. The van der Waals surface area contributed by atoms with E-state index in [2.05, 4.69) is 26.1 Å². The first-order valence-corrected chi connectivity index (χ1v) is 5.88. The second kappa shape index (κ2) is 4.85. The highest BCUT2D eigenvalue weighted by atomic mass is 79.9. The molecule has 90 valence electrons. The Hall–Kier alpha value is -1.40. The van der Waals surface area contributed by atoms with E-state index in [4.69, 9.17) is 10.3 Å². The molecule has 0 spiro atoms. The minimum absolute atomic E-state index is 0.451. The predicted molar refractivity (Wildman–Crippen MR) is 69.2 cm³/mol. The van der Waals surface area contributed by atoms with E-state index in [1.54, 1.807) is 0 Å². The molecule has 0 amide bonds. The van der Waals surface area contributed by atoms with Gasteiger partial charge < -0.3 is 15.2 Å². The van der Waals surface area contributed by atoms with E-state index < -0.39 is 0 Å². The Labute approximate surface area is 108 Å². The molecule has 0 atom stereocenters. The molecule has 0 aliphatic heterocycles. The first kappa shape index (κ1) is 12.1. The minimum atomic E-state index is 0.451. The fraction of sp³-hybridized carbons (Fsp3) is 0.273.